The van der Waals surface area contributed by atoms with E-state index in [1.165, 1.54) is 21.5 Å². The first-order valence-electron chi connectivity index (χ1n) is 8.51. The number of benzene rings is 3. The molecule has 0 bridgehead atoms. The maximum atomic E-state index is 10.9. The number of rotatable bonds is 6. The van der Waals surface area contributed by atoms with Gasteiger partial charge in [0.05, 0.1) is 5.78 Å². The first kappa shape index (κ1) is 17.8. The fraction of sp³-hybridized carbons (Fsp3) is 0.182. The van der Waals surface area contributed by atoms with Crippen molar-refractivity contribution in [3.63, 3.8) is 0 Å². The second-order valence-electron chi connectivity index (χ2n) is 6.42. The summed E-state index contributed by atoms with van der Waals surface area (Å²) in [5.41, 5.74) is 4.78. The van der Waals surface area contributed by atoms with E-state index >= 15 is 0 Å². The molecular weight excluding hydrogens is 325 g/mol. The van der Waals surface area contributed by atoms with Gasteiger partial charge in [-0.05, 0) is 30.3 Å². The van der Waals surface area contributed by atoms with Gasteiger partial charge in [0.1, 0.15) is 0 Å². The summed E-state index contributed by atoms with van der Waals surface area (Å²) in [6, 6.07) is 27.0. The van der Waals surface area contributed by atoms with Crippen LogP contribution in [0, 0.1) is 13.8 Å². The largest absolute Gasteiger partial charge is 0.313 e. The molecule has 0 amide bonds. The van der Waals surface area contributed by atoms with Crippen molar-refractivity contribution in [3.8, 4) is 0 Å². The second kappa shape index (κ2) is 8.40. The third kappa shape index (κ3) is 4.99. The molecule has 2 atom stereocenters. The Bertz CT molecular complexity index is 785. The first-order chi connectivity index (χ1) is 12.1. The predicted molar refractivity (Wildman–Crippen MR) is 107 cm³/mol. The molecule has 0 radical (unpaired) electrons. The van der Waals surface area contributed by atoms with Crippen LogP contribution in [0.2, 0.25) is 0 Å². The van der Waals surface area contributed by atoms with Crippen LogP contribution in [0.4, 0.5) is 0 Å². The SMILES string of the molecule is Cc1cc(C)cc(PC(c2ccccc2)N(O)Cc2ccccc2)c1. The second-order valence-corrected chi connectivity index (χ2v) is 7.83. The van der Waals surface area contributed by atoms with Crippen LogP contribution in [0.25, 0.3) is 0 Å². The van der Waals surface area contributed by atoms with Crippen molar-refractivity contribution < 1.29 is 5.21 Å². The molecule has 25 heavy (non-hydrogen) atoms. The first-order valence-corrected chi connectivity index (χ1v) is 9.59. The van der Waals surface area contributed by atoms with Crippen molar-refractivity contribution in [2.45, 2.75) is 26.2 Å². The van der Waals surface area contributed by atoms with E-state index in [-0.39, 0.29) is 5.78 Å². The minimum atomic E-state index is -0.0531. The molecule has 0 spiro atoms. The summed E-state index contributed by atoms with van der Waals surface area (Å²) < 4.78 is 0. The molecule has 0 aromatic heterocycles. The molecule has 3 heteroatoms. The Hall–Kier alpha value is -1.99. The van der Waals surface area contributed by atoms with Crippen LogP contribution in [0.3, 0.4) is 0 Å². The third-order valence-electron chi connectivity index (χ3n) is 4.13. The van der Waals surface area contributed by atoms with E-state index in [4.69, 9.17) is 0 Å². The zero-order valence-corrected chi connectivity index (χ0v) is 15.7. The highest BCUT2D eigenvalue weighted by molar-refractivity contribution is 7.47. The van der Waals surface area contributed by atoms with Crippen LogP contribution in [0.5, 0.6) is 0 Å². The Labute approximate surface area is 151 Å². The van der Waals surface area contributed by atoms with E-state index in [0.29, 0.717) is 15.1 Å². The lowest BCUT2D eigenvalue weighted by Gasteiger charge is -2.27. The fourth-order valence-corrected chi connectivity index (χ4v) is 4.58. The molecule has 0 heterocycles. The molecule has 128 valence electrons. The molecule has 2 nitrogen and oxygen atoms in total. The van der Waals surface area contributed by atoms with E-state index in [1.54, 1.807) is 0 Å². The average Bonchev–Trinajstić information content (AvgIpc) is 2.60. The summed E-state index contributed by atoms with van der Waals surface area (Å²) in [7, 11) is 0.474. The lowest BCUT2D eigenvalue weighted by atomic mass is 10.2. The van der Waals surface area contributed by atoms with E-state index in [2.05, 4.69) is 44.2 Å². The zero-order valence-electron chi connectivity index (χ0n) is 14.7. The maximum Gasteiger partial charge on any atom is 0.0810 e. The van der Waals surface area contributed by atoms with Crippen LogP contribution in [-0.2, 0) is 6.54 Å². The molecular formula is C22H24NOP. The minimum Gasteiger partial charge on any atom is -0.313 e. The Kier molecular flexibility index (Phi) is 5.99. The molecule has 0 saturated carbocycles. The van der Waals surface area contributed by atoms with Gasteiger partial charge < -0.3 is 5.21 Å². The van der Waals surface area contributed by atoms with Gasteiger partial charge >= 0.3 is 0 Å². The normalized spacial score (nSPS) is 12.8. The van der Waals surface area contributed by atoms with Crippen molar-refractivity contribution in [3.05, 3.63) is 101 Å². The highest BCUT2D eigenvalue weighted by atomic mass is 31.1. The molecule has 3 aromatic carbocycles. The van der Waals surface area contributed by atoms with Crippen LogP contribution in [0.15, 0.2) is 78.9 Å². The van der Waals surface area contributed by atoms with Crippen molar-refractivity contribution >= 4 is 13.9 Å². The molecule has 3 aromatic rings. The summed E-state index contributed by atoms with van der Waals surface area (Å²) in [5.74, 6) is -0.0531. The van der Waals surface area contributed by atoms with E-state index < -0.39 is 0 Å². The lowest BCUT2D eigenvalue weighted by Crippen LogP contribution is -2.23. The number of hydrogen-bond acceptors (Lipinski definition) is 2. The topological polar surface area (TPSA) is 23.5 Å². The summed E-state index contributed by atoms with van der Waals surface area (Å²) in [6.07, 6.45) is 0. The smallest absolute Gasteiger partial charge is 0.0810 e. The number of hydroxylamine groups is 2. The predicted octanol–water partition coefficient (Wildman–Crippen LogP) is 5.20. The number of nitrogens with zero attached hydrogens (tertiary/aromatic N) is 1. The molecule has 0 aliphatic carbocycles. The van der Waals surface area contributed by atoms with Gasteiger partial charge in [0, 0.05) is 6.54 Å². The molecule has 0 aliphatic rings. The van der Waals surface area contributed by atoms with Crippen molar-refractivity contribution in [2.24, 2.45) is 0 Å². The van der Waals surface area contributed by atoms with Crippen molar-refractivity contribution in [2.75, 3.05) is 0 Å². The molecule has 1 N–H and O–H groups in total. The van der Waals surface area contributed by atoms with Gasteiger partial charge in [-0.25, -0.2) is 0 Å². The zero-order chi connectivity index (χ0) is 17.6. The van der Waals surface area contributed by atoms with E-state index in [9.17, 15) is 5.21 Å². The monoisotopic (exact) mass is 349 g/mol. The van der Waals surface area contributed by atoms with Crippen LogP contribution in [0.1, 0.15) is 28.0 Å². The third-order valence-corrected chi connectivity index (χ3v) is 5.65. The quantitative estimate of drug-likeness (QED) is 0.488. The van der Waals surface area contributed by atoms with Crippen LogP contribution >= 0.6 is 8.58 Å². The van der Waals surface area contributed by atoms with Gasteiger partial charge in [-0.1, -0.05) is 98.6 Å². The van der Waals surface area contributed by atoms with Crippen LogP contribution in [-0.4, -0.2) is 10.3 Å². The van der Waals surface area contributed by atoms with E-state index in [0.717, 1.165) is 11.1 Å². The van der Waals surface area contributed by atoms with Gasteiger partial charge in [-0.15, -0.1) is 0 Å². The van der Waals surface area contributed by atoms with Gasteiger partial charge in [0.2, 0.25) is 0 Å². The van der Waals surface area contributed by atoms with Gasteiger partial charge in [0.15, 0.2) is 0 Å². The summed E-state index contributed by atoms with van der Waals surface area (Å²) >= 11 is 0. The maximum absolute atomic E-state index is 10.9. The summed E-state index contributed by atoms with van der Waals surface area (Å²) in [6.45, 7) is 4.76. The van der Waals surface area contributed by atoms with Crippen LogP contribution < -0.4 is 5.30 Å². The standard InChI is InChI=1S/C22H24NOP/c1-17-13-18(2)15-21(14-17)25-22(20-11-7-4-8-12-20)23(24)16-19-9-5-3-6-10-19/h3-15,22,24-25H,16H2,1-2H3. The highest BCUT2D eigenvalue weighted by Gasteiger charge is 2.20. The fourth-order valence-electron chi connectivity index (χ4n) is 3.04. The van der Waals surface area contributed by atoms with E-state index in [1.807, 2.05) is 48.5 Å². The Balaban J connectivity index is 1.87. The summed E-state index contributed by atoms with van der Waals surface area (Å²) in [5, 5.41) is 13.6. The minimum absolute atomic E-state index is 0.0531. The molecule has 0 fully saturated rings. The highest BCUT2D eigenvalue weighted by Crippen LogP contribution is 2.37. The molecule has 0 saturated heterocycles. The average molecular weight is 349 g/mol. The van der Waals surface area contributed by atoms with Crippen molar-refractivity contribution in [1.82, 2.24) is 5.06 Å². The lowest BCUT2D eigenvalue weighted by molar-refractivity contribution is -0.112. The molecule has 0 aliphatic heterocycles. The Morgan fingerprint density at radius 1 is 0.840 bits per heavy atom. The van der Waals surface area contributed by atoms with Crippen molar-refractivity contribution in [1.29, 1.82) is 0 Å². The van der Waals surface area contributed by atoms with Gasteiger partial charge in [-0.3, -0.25) is 0 Å². The van der Waals surface area contributed by atoms with Gasteiger partial charge in [0.25, 0.3) is 0 Å². The number of aryl methyl sites for hydroxylation is 2. The van der Waals surface area contributed by atoms with Gasteiger partial charge in [-0.2, -0.15) is 5.06 Å². The summed E-state index contributed by atoms with van der Waals surface area (Å²) in [4.78, 5) is 0. The molecule has 3 rings (SSSR count). The Morgan fingerprint density at radius 2 is 1.40 bits per heavy atom. The Morgan fingerprint density at radius 3 is 2.00 bits per heavy atom. The number of hydrogen-bond donors (Lipinski definition) is 1. The molecule has 2 unspecified atom stereocenters.